The van der Waals surface area contributed by atoms with Crippen LogP contribution in [0.3, 0.4) is 0 Å². The molecule has 0 aliphatic heterocycles. The molecule has 0 aliphatic rings. The number of hydrogen-bond acceptors (Lipinski definition) is 4. The highest BCUT2D eigenvalue weighted by Gasteiger charge is 2.16. The zero-order valence-corrected chi connectivity index (χ0v) is 14.8. The average molecular weight is 381 g/mol. The highest BCUT2D eigenvalue weighted by Crippen LogP contribution is 2.09. The van der Waals surface area contributed by atoms with Gasteiger partial charge in [-0.1, -0.05) is 29.8 Å². The molecular formula is C17H17ClN2O4S. The minimum absolute atomic E-state index is 0.0209. The third-order valence-corrected chi connectivity index (χ3v) is 4.92. The molecule has 0 atom stereocenters. The van der Waals surface area contributed by atoms with Crippen LogP contribution in [-0.4, -0.2) is 26.8 Å². The summed E-state index contributed by atoms with van der Waals surface area (Å²) in [5.41, 5.74) is 0.459. The fourth-order valence-electron chi connectivity index (χ4n) is 2.01. The first-order valence-electron chi connectivity index (χ1n) is 7.53. The quantitative estimate of drug-likeness (QED) is 0.721. The molecule has 0 spiro atoms. The van der Waals surface area contributed by atoms with Crippen molar-refractivity contribution < 1.29 is 18.0 Å². The van der Waals surface area contributed by atoms with E-state index in [9.17, 15) is 18.0 Å². The van der Waals surface area contributed by atoms with Gasteiger partial charge in [-0.2, -0.15) is 0 Å². The number of amides is 2. The van der Waals surface area contributed by atoms with Crippen molar-refractivity contribution in [2.45, 2.75) is 17.7 Å². The van der Waals surface area contributed by atoms with E-state index in [1.54, 1.807) is 42.5 Å². The maximum absolute atomic E-state index is 12.0. The van der Waals surface area contributed by atoms with E-state index in [0.717, 1.165) is 0 Å². The van der Waals surface area contributed by atoms with Crippen LogP contribution in [0.25, 0.3) is 0 Å². The highest BCUT2D eigenvalue weighted by atomic mass is 35.5. The van der Waals surface area contributed by atoms with Gasteiger partial charge in [0.2, 0.25) is 5.91 Å². The molecule has 0 aliphatic carbocycles. The molecule has 2 rings (SSSR count). The monoisotopic (exact) mass is 380 g/mol. The summed E-state index contributed by atoms with van der Waals surface area (Å²) in [6.07, 6.45) is 0.294. The molecule has 0 aromatic heterocycles. The molecule has 8 heteroatoms. The van der Waals surface area contributed by atoms with Gasteiger partial charge in [-0.25, -0.2) is 13.1 Å². The van der Waals surface area contributed by atoms with Crippen LogP contribution in [0.4, 0.5) is 0 Å². The van der Waals surface area contributed by atoms with Gasteiger partial charge in [0.15, 0.2) is 0 Å². The molecule has 0 radical (unpaired) electrons. The van der Waals surface area contributed by atoms with Gasteiger partial charge in [0.1, 0.15) is 0 Å². The van der Waals surface area contributed by atoms with Crippen LogP contribution < -0.4 is 10.0 Å². The van der Waals surface area contributed by atoms with Crippen LogP contribution in [0.15, 0.2) is 59.5 Å². The Bertz CT molecular complexity index is 837. The largest absolute Gasteiger partial charge is 0.352 e. The van der Waals surface area contributed by atoms with Crippen LogP contribution in [-0.2, 0) is 14.8 Å². The topological polar surface area (TPSA) is 92.3 Å². The van der Waals surface area contributed by atoms with Crippen molar-refractivity contribution in [3.63, 3.8) is 0 Å². The predicted molar refractivity (Wildman–Crippen MR) is 94.8 cm³/mol. The van der Waals surface area contributed by atoms with E-state index < -0.39 is 15.9 Å². The van der Waals surface area contributed by atoms with E-state index in [4.69, 9.17) is 11.6 Å². The number of halogens is 1. The minimum atomic E-state index is -3.86. The summed E-state index contributed by atoms with van der Waals surface area (Å²) in [5, 5.41) is 3.19. The van der Waals surface area contributed by atoms with Crippen molar-refractivity contribution in [1.29, 1.82) is 0 Å². The van der Waals surface area contributed by atoms with Crippen LogP contribution in [0.2, 0.25) is 5.02 Å². The van der Waals surface area contributed by atoms with Gasteiger partial charge in [-0.3, -0.25) is 9.59 Å². The molecule has 132 valence electrons. The number of carbonyl (C=O) groups excluding carboxylic acids is 2. The number of benzene rings is 2. The SMILES string of the molecule is O=C(CCCNC(=O)c1ccc(Cl)cc1)NS(=O)(=O)c1ccccc1. The van der Waals surface area contributed by atoms with Crippen molar-refractivity contribution in [2.75, 3.05) is 6.54 Å². The summed E-state index contributed by atoms with van der Waals surface area (Å²) in [6, 6.07) is 14.1. The van der Waals surface area contributed by atoms with Gasteiger partial charge in [0.25, 0.3) is 15.9 Å². The van der Waals surface area contributed by atoms with Crippen LogP contribution >= 0.6 is 11.6 Å². The standard InChI is InChI=1S/C17H17ClN2O4S/c18-14-10-8-13(9-11-14)17(22)19-12-4-7-16(21)20-25(23,24)15-5-2-1-3-6-15/h1-3,5-6,8-11H,4,7,12H2,(H,19,22)(H,20,21). The smallest absolute Gasteiger partial charge is 0.264 e. The second kappa shape index (κ2) is 8.64. The Morgan fingerprint density at radius 1 is 0.960 bits per heavy atom. The fraction of sp³-hybridized carbons (Fsp3) is 0.176. The number of hydrogen-bond donors (Lipinski definition) is 2. The van der Waals surface area contributed by atoms with Gasteiger partial charge in [0, 0.05) is 23.6 Å². The van der Waals surface area contributed by atoms with E-state index in [0.29, 0.717) is 17.0 Å². The van der Waals surface area contributed by atoms with E-state index in [2.05, 4.69) is 5.32 Å². The first-order chi connectivity index (χ1) is 11.9. The number of carbonyl (C=O) groups is 2. The first kappa shape index (κ1) is 19.0. The molecule has 0 bridgehead atoms. The second-order valence-corrected chi connectivity index (χ2v) is 7.33. The second-order valence-electron chi connectivity index (χ2n) is 5.21. The molecule has 2 N–H and O–H groups in total. The summed E-state index contributed by atoms with van der Waals surface area (Å²) in [7, 11) is -3.86. The summed E-state index contributed by atoms with van der Waals surface area (Å²) < 4.78 is 26.0. The normalized spacial score (nSPS) is 10.9. The van der Waals surface area contributed by atoms with Crippen molar-refractivity contribution in [3.8, 4) is 0 Å². The summed E-state index contributed by atoms with van der Waals surface area (Å²) in [5.74, 6) is -0.904. The highest BCUT2D eigenvalue weighted by molar-refractivity contribution is 7.90. The lowest BCUT2D eigenvalue weighted by Gasteiger charge is -2.07. The van der Waals surface area contributed by atoms with E-state index in [1.807, 2.05) is 4.72 Å². The molecule has 0 saturated carbocycles. The first-order valence-corrected chi connectivity index (χ1v) is 9.39. The predicted octanol–water partition coefficient (Wildman–Crippen LogP) is 2.36. The summed E-state index contributed by atoms with van der Waals surface area (Å²) in [6.45, 7) is 0.250. The lowest BCUT2D eigenvalue weighted by atomic mass is 10.2. The molecule has 25 heavy (non-hydrogen) atoms. The molecule has 0 saturated heterocycles. The van der Waals surface area contributed by atoms with Gasteiger partial charge in [-0.05, 0) is 42.8 Å². The molecule has 2 aromatic carbocycles. The van der Waals surface area contributed by atoms with E-state index >= 15 is 0 Å². The number of rotatable bonds is 7. The lowest BCUT2D eigenvalue weighted by molar-refractivity contribution is -0.119. The summed E-state index contributed by atoms with van der Waals surface area (Å²) in [4.78, 5) is 23.7. The zero-order chi connectivity index (χ0) is 18.3. The Kier molecular flexibility index (Phi) is 6.55. The fourth-order valence-corrected chi connectivity index (χ4v) is 3.17. The van der Waals surface area contributed by atoms with Gasteiger partial charge in [-0.15, -0.1) is 0 Å². The third-order valence-electron chi connectivity index (χ3n) is 3.27. The van der Waals surface area contributed by atoms with Crippen LogP contribution in [0, 0.1) is 0 Å². The molecule has 0 heterocycles. The number of nitrogens with one attached hydrogen (secondary N) is 2. The number of sulfonamides is 1. The van der Waals surface area contributed by atoms with Crippen LogP contribution in [0.5, 0.6) is 0 Å². The Morgan fingerprint density at radius 3 is 2.24 bits per heavy atom. The van der Waals surface area contributed by atoms with Crippen molar-refractivity contribution >= 4 is 33.4 Å². The zero-order valence-electron chi connectivity index (χ0n) is 13.2. The van der Waals surface area contributed by atoms with Crippen LogP contribution in [0.1, 0.15) is 23.2 Å². The maximum Gasteiger partial charge on any atom is 0.264 e. The molecule has 0 unspecified atom stereocenters. The molecular weight excluding hydrogens is 364 g/mol. The Hall–Kier alpha value is -2.38. The van der Waals surface area contributed by atoms with E-state index in [1.165, 1.54) is 12.1 Å². The molecule has 2 aromatic rings. The molecule has 6 nitrogen and oxygen atoms in total. The average Bonchev–Trinajstić information content (AvgIpc) is 2.59. The van der Waals surface area contributed by atoms with Gasteiger partial charge in [0.05, 0.1) is 4.90 Å². The summed E-state index contributed by atoms with van der Waals surface area (Å²) >= 11 is 5.75. The molecule has 0 fully saturated rings. The Morgan fingerprint density at radius 2 is 1.60 bits per heavy atom. The lowest BCUT2D eigenvalue weighted by Crippen LogP contribution is -2.31. The maximum atomic E-state index is 12.0. The van der Waals surface area contributed by atoms with Crippen molar-refractivity contribution in [2.24, 2.45) is 0 Å². The Balaban J connectivity index is 1.75. The molecule has 2 amide bonds. The van der Waals surface area contributed by atoms with Gasteiger partial charge < -0.3 is 5.32 Å². The third kappa shape index (κ3) is 5.88. The van der Waals surface area contributed by atoms with E-state index in [-0.39, 0.29) is 23.8 Å². The minimum Gasteiger partial charge on any atom is -0.352 e. The Labute approximate surface area is 151 Å². The van der Waals surface area contributed by atoms with Gasteiger partial charge >= 0.3 is 0 Å². The van der Waals surface area contributed by atoms with Crippen molar-refractivity contribution in [1.82, 2.24) is 10.0 Å². The van der Waals surface area contributed by atoms with Crippen molar-refractivity contribution in [3.05, 3.63) is 65.2 Å².